The van der Waals surface area contributed by atoms with Crippen LogP contribution in [-0.2, 0) is 6.61 Å². The van der Waals surface area contributed by atoms with Gasteiger partial charge in [-0.25, -0.2) is 0 Å². The van der Waals surface area contributed by atoms with E-state index in [1.54, 1.807) is 12.1 Å². The quantitative estimate of drug-likeness (QED) is 0.702. The molecule has 0 heterocycles. The van der Waals surface area contributed by atoms with Crippen LogP contribution in [0.15, 0.2) is 24.3 Å². The number of aliphatic hydroxyl groups is 1. The smallest absolute Gasteiger partial charge is 0.138 e. The first kappa shape index (κ1) is 9.95. The Balaban J connectivity index is 2.69. The summed E-state index contributed by atoms with van der Waals surface area (Å²) in [7, 11) is 0. The second kappa shape index (κ2) is 4.79. The number of hydrogen-bond acceptors (Lipinski definition) is 3. The maximum atomic E-state index is 8.94. The molecule has 1 aromatic rings. The van der Waals surface area contributed by atoms with Gasteiger partial charge in [-0.1, -0.05) is 30.4 Å². The maximum absolute atomic E-state index is 8.94. The molecule has 1 aromatic carbocycles. The fourth-order valence-electron chi connectivity index (χ4n) is 0.924. The van der Waals surface area contributed by atoms with Gasteiger partial charge < -0.3 is 15.6 Å². The predicted molar refractivity (Wildman–Crippen MR) is 54.6 cm³/mol. The number of benzene rings is 1. The van der Waals surface area contributed by atoms with Crippen LogP contribution >= 0.6 is 12.2 Å². The first-order chi connectivity index (χ1) is 6.24. The van der Waals surface area contributed by atoms with Crippen LogP contribution in [0, 0.1) is 0 Å². The van der Waals surface area contributed by atoms with Crippen molar-refractivity contribution in [1.82, 2.24) is 0 Å². The molecule has 0 aliphatic carbocycles. The Morgan fingerprint density at radius 3 is 2.77 bits per heavy atom. The molecule has 0 aliphatic heterocycles. The SMILES string of the molecule is NC(=S)COc1ccccc1CO. The second-order valence-electron chi connectivity index (χ2n) is 2.52. The van der Waals surface area contributed by atoms with Crippen molar-refractivity contribution in [3.63, 3.8) is 0 Å². The summed E-state index contributed by atoms with van der Waals surface area (Å²) in [6.45, 7) is 0.153. The highest BCUT2D eigenvalue weighted by Gasteiger charge is 2.00. The monoisotopic (exact) mass is 197 g/mol. The Morgan fingerprint density at radius 1 is 1.46 bits per heavy atom. The van der Waals surface area contributed by atoms with Crippen LogP contribution < -0.4 is 10.5 Å². The first-order valence-electron chi connectivity index (χ1n) is 3.84. The molecule has 3 N–H and O–H groups in total. The third-order valence-electron chi connectivity index (χ3n) is 1.51. The van der Waals surface area contributed by atoms with Crippen molar-refractivity contribution in [2.24, 2.45) is 5.73 Å². The summed E-state index contributed by atoms with van der Waals surface area (Å²) in [6.07, 6.45) is 0. The summed E-state index contributed by atoms with van der Waals surface area (Å²) in [4.78, 5) is 0.299. The van der Waals surface area contributed by atoms with Gasteiger partial charge in [-0.3, -0.25) is 0 Å². The van der Waals surface area contributed by atoms with Gasteiger partial charge in [-0.05, 0) is 6.07 Å². The van der Waals surface area contributed by atoms with Crippen LogP contribution in [0.25, 0.3) is 0 Å². The van der Waals surface area contributed by atoms with Crippen molar-refractivity contribution in [3.8, 4) is 5.75 Å². The van der Waals surface area contributed by atoms with E-state index >= 15 is 0 Å². The fourth-order valence-corrected chi connectivity index (χ4v) is 0.983. The number of rotatable bonds is 4. The van der Waals surface area contributed by atoms with E-state index < -0.39 is 0 Å². The molecule has 4 heteroatoms. The largest absolute Gasteiger partial charge is 0.486 e. The van der Waals surface area contributed by atoms with Gasteiger partial charge in [0.05, 0.1) is 6.61 Å². The van der Waals surface area contributed by atoms with Gasteiger partial charge >= 0.3 is 0 Å². The number of aliphatic hydroxyl groups excluding tert-OH is 1. The first-order valence-corrected chi connectivity index (χ1v) is 4.24. The van der Waals surface area contributed by atoms with Crippen LogP contribution in [0.2, 0.25) is 0 Å². The Labute approximate surface area is 82.1 Å². The number of hydrogen-bond donors (Lipinski definition) is 2. The summed E-state index contributed by atoms with van der Waals surface area (Å²) in [6, 6.07) is 7.21. The molecule has 0 aliphatic rings. The molecule has 0 saturated heterocycles. The Morgan fingerprint density at radius 2 is 2.15 bits per heavy atom. The zero-order valence-electron chi connectivity index (χ0n) is 7.06. The molecule has 0 atom stereocenters. The minimum absolute atomic E-state index is 0.0481. The Kier molecular flexibility index (Phi) is 3.67. The molecule has 0 bridgehead atoms. The minimum atomic E-state index is -0.0481. The lowest BCUT2D eigenvalue weighted by Crippen LogP contribution is -2.18. The molecule has 1 rings (SSSR count). The lowest BCUT2D eigenvalue weighted by Gasteiger charge is -2.08. The highest BCUT2D eigenvalue weighted by molar-refractivity contribution is 7.80. The Bertz CT molecular complexity index is 301. The summed E-state index contributed by atoms with van der Waals surface area (Å²) in [5, 5.41) is 8.94. The standard InChI is InChI=1S/C9H11NO2S/c10-9(13)6-12-8-4-2-1-3-7(8)5-11/h1-4,11H,5-6H2,(H2,10,13). The van der Waals surface area contributed by atoms with Gasteiger partial charge in [0.15, 0.2) is 0 Å². The molecule has 70 valence electrons. The third kappa shape index (κ3) is 3.01. The van der Waals surface area contributed by atoms with Gasteiger partial charge in [-0.2, -0.15) is 0 Å². The minimum Gasteiger partial charge on any atom is -0.486 e. The van der Waals surface area contributed by atoms with Crippen molar-refractivity contribution in [3.05, 3.63) is 29.8 Å². The lowest BCUT2D eigenvalue weighted by molar-refractivity contribution is 0.271. The van der Waals surface area contributed by atoms with Crippen LogP contribution in [0.5, 0.6) is 5.75 Å². The lowest BCUT2D eigenvalue weighted by atomic mass is 10.2. The van der Waals surface area contributed by atoms with Gasteiger partial charge in [-0.15, -0.1) is 0 Å². The van der Waals surface area contributed by atoms with E-state index in [1.807, 2.05) is 12.1 Å². The third-order valence-corrected chi connectivity index (χ3v) is 1.63. The number of para-hydroxylation sites is 1. The van der Waals surface area contributed by atoms with E-state index in [0.717, 1.165) is 5.56 Å². The van der Waals surface area contributed by atoms with E-state index in [1.165, 1.54) is 0 Å². The van der Waals surface area contributed by atoms with Gasteiger partial charge in [0.25, 0.3) is 0 Å². The average molecular weight is 197 g/mol. The summed E-state index contributed by atoms with van der Waals surface area (Å²) < 4.78 is 5.26. The molecule has 0 saturated carbocycles. The molecular formula is C9H11NO2S. The topological polar surface area (TPSA) is 55.5 Å². The second-order valence-corrected chi connectivity index (χ2v) is 3.05. The zero-order chi connectivity index (χ0) is 9.68. The average Bonchev–Trinajstić information content (AvgIpc) is 2.15. The highest BCUT2D eigenvalue weighted by Crippen LogP contribution is 2.17. The zero-order valence-corrected chi connectivity index (χ0v) is 7.88. The van der Waals surface area contributed by atoms with Crippen molar-refractivity contribution >= 4 is 17.2 Å². The van der Waals surface area contributed by atoms with E-state index in [0.29, 0.717) is 10.7 Å². The molecule has 0 fully saturated rings. The summed E-state index contributed by atoms with van der Waals surface area (Å²) in [5.74, 6) is 0.623. The predicted octanol–water partition coefficient (Wildman–Crippen LogP) is 0.844. The van der Waals surface area contributed by atoms with Crippen LogP contribution in [0.1, 0.15) is 5.56 Å². The van der Waals surface area contributed by atoms with Crippen LogP contribution in [-0.4, -0.2) is 16.7 Å². The molecule has 13 heavy (non-hydrogen) atoms. The van der Waals surface area contributed by atoms with Gasteiger partial charge in [0.2, 0.25) is 0 Å². The molecule has 3 nitrogen and oxygen atoms in total. The van der Waals surface area contributed by atoms with Gasteiger partial charge in [0, 0.05) is 5.56 Å². The molecule has 0 unspecified atom stereocenters. The van der Waals surface area contributed by atoms with Crippen LogP contribution in [0.3, 0.4) is 0 Å². The summed E-state index contributed by atoms with van der Waals surface area (Å²) in [5.41, 5.74) is 6.01. The molecule has 0 radical (unpaired) electrons. The highest BCUT2D eigenvalue weighted by atomic mass is 32.1. The van der Waals surface area contributed by atoms with Crippen molar-refractivity contribution in [2.75, 3.05) is 6.61 Å². The van der Waals surface area contributed by atoms with Crippen molar-refractivity contribution in [2.45, 2.75) is 6.61 Å². The van der Waals surface area contributed by atoms with Crippen LogP contribution in [0.4, 0.5) is 0 Å². The normalized spacial score (nSPS) is 9.62. The van der Waals surface area contributed by atoms with Gasteiger partial charge in [0.1, 0.15) is 17.3 Å². The van der Waals surface area contributed by atoms with Crippen molar-refractivity contribution < 1.29 is 9.84 Å². The summed E-state index contributed by atoms with van der Waals surface area (Å²) >= 11 is 4.66. The van der Waals surface area contributed by atoms with E-state index in [2.05, 4.69) is 12.2 Å². The maximum Gasteiger partial charge on any atom is 0.138 e. The molecule has 0 aromatic heterocycles. The van der Waals surface area contributed by atoms with E-state index in [4.69, 9.17) is 15.6 Å². The van der Waals surface area contributed by atoms with Crippen molar-refractivity contribution in [1.29, 1.82) is 0 Å². The number of ether oxygens (including phenoxy) is 1. The molecular weight excluding hydrogens is 186 g/mol. The molecule has 0 spiro atoms. The molecule has 0 amide bonds. The fraction of sp³-hybridized carbons (Fsp3) is 0.222. The van der Waals surface area contributed by atoms with E-state index in [9.17, 15) is 0 Å². The number of thiocarbonyl (C=S) groups is 1. The number of nitrogens with two attached hydrogens (primary N) is 1. The Hall–Kier alpha value is -1.13. The van der Waals surface area contributed by atoms with E-state index in [-0.39, 0.29) is 13.2 Å².